The van der Waals surface area contributed by atoms with Gasteiger partial charge >= 0.3 is 0 Å². The van der Waals surface area contributed by atoms with Crippen LogP contribution >= 0.6 is 0 Å². The summed E-state index contributed by atoms with van der Waals surface area (Å²) in [5.74, 6) is 5.89. The topological polar surface area (TPSA) is 58.4 Å². The number of carbonyl (C=O) groups is 1. The first-order chi connectivity index (χ1) is 9.15. The first kappa shape index (κ1) is 15.2. The lowest BCUT2D eigenvalue weighted by Gasteiger charge is -2.16. The second-order valence-corrected chi connectivity index (χ2v) is 4.36. The van der Waals surface area contributed by atoms with Gasteiger partial charge in [-0.15, -0.1) is 0 Å². The largest absolute Gasteiger partial charge is 0.359 e. The van der Waals surface area contributed by atoms with Crippen LogP contribution < -0.4 is 11.1 Å². The van der Waals surface area contributed by atoms with E-state index in [-0.39, 0.29) is 5.91 Å². The van der Waals surface area contributed by atoms with E-state index < -0.39 is 0 Å². The summed E-state index contributed by atoms with van der Waals surface area (Å²) >= 11 is 0. The number of rotatable bonds is 5. The van der Waals surface area contributed by atoms with Crippen molar-refractivity contribution in [2.75, 3.05) is 27.2 Å². The molecule has 1 aromatic carbocycles. The highest BCUT2D eigenvalue weighted by Crippen LogP contribution is 2.06. The van der Waals surface area contributed by atoms with Crippen molar-refractivity contribution < 1.29 is 4.79 Å². The third-order valence-electron chi connectivity index (χ3n) is 2.74. The fourth-order valence-electron chi connectivity index (χ4n) is 1.65. The summed E-state index contributed by atoms with van der Waals surface area (Å²) < 4.78 is 0. The molecule has 3 N–H and O–H groups in total. The molecule has 0 aliphatic rings. The maximum atomic E-state index is 11.2. The van der Waals surface area contributed by atoms with Gasteiger partial charge in [0.1, 0.15) is 0 Å². The molecule has 4 nitrogen and oxygen atoms in total. The second kappa shape index (κ2) is 8.30. The molecule has 0 spiro atoms. The predicted octanol–water partition coefficient (Wildman–Crippen LogP) is 0.565. The van der Waals surface area contributed by atoms with Crippen molar-refractivity contribution in [2.24, 2.45) is 5.73 Å². The van der Waals surface area contributed by atoms with Crippen LogP contribution in [0.2, 0.25) is 0 Å². The number of hydrogen-bond donors (Lipinski definition) is 2. The van der Waals surface area contributed by atoms with Gasteiger partial charge in [-0.25, -0.2) is 0 Å². The molecule has 0 aromatic heterocycles. The molecule has 1 amide bonds. The van der Waals surface area contributed by atoms with Crippen molar-refractivity contribution in [3.8, 4) is 11.8 Å². The molecular weight excluding hydrogens is 238 g/mol. The molecule has 0 saturated heterocycles. The summed E-state index contributed by atoms with van der Waals surface area (Å²) in [6, 6.07) is 8.09. The van der Waals surface area contributed by atoms with Crippen LogP contribution in [0.25, 0.3) is 0 Å². The summed E-state index contributed by atoms with van der Waals surface area (Å²) in [7, 11) is 3.66. The Balaban J connectivity index is 2.46. The molecule has 19 heavy (non-hydrogen) atoms. The summed E-state index contributed by atoms with van der Waals surface area (Å²) in [5, 5.41) is 2.62. The molecule has 0 fully saturated rings. The molecule has 1 rings (SSSR count). The molecule has 0 heterocycles. The van der Waals surface area contributed by atoms with Crippen molar-refractivity contribution in [3.63, 3.8) is 0 Å². The third kappa shape index (κ3) is 6.05. The number of hydrogen-bond acceptors (Lipinski definition) is 3. The van der Waals surface area contributed by atoms with Crippen molar-refractivity contribution in [1.29, 1.82) is 0 Å². The molecular formula is C15H21N3O. The van der Waals surface area contributed by atoms with Crippen molar-refractivity contribution >= 4 is 5.91 Å². The van der Waals surface area contributed by atoms with Crippen molar-refractivity contribution in [1.82, 2.24) is 10.2 Å². The smallest absolute Gasteiger partial charge is 0.221 e. The van der Waals surface area contributed by atoms with E-state index in [0.29, 0.717) is 13.0 Å². The Kier molecular flexibility index (Phi) is 6.65. The number of nitrogens with one attached hydrogen (secondary N) is 1. The molecule has 0 aliphatic carbocycles. The highest BCUT2D eigenvalue weighted by Gasteiger charge is 2.03. The van der Waals surface area contributed by atoms with Crippen LogP contribution in [0.15, 0.2) is 24.3 Å². The van der Waals surface area contributed by atoms with Crippen LogP contribution in [0.3, 0.4) is 0 Å². The Hall–Kier alpha value is -1.83. The highest BCUT2D eigenvalue weighted by molar-refractivity contribution is 5.75. The zero-order valence-corrected chi connectivity index (χ0v) is 11.6. The molecule has 0 radical (unpaired) electrons. The molecule has 0 saturated carbocycles. The van der Waals surface area contributed by atoms with Gasteiger partial charge in [-0.1, -0.05) is 24.0 Å². The molecule has 0 aliphatic heterocycles. The molecule has 0 atom stereocenters. The lowest BCUT2D eigenvalue weighted by atomic mass is 10.1. The number of nitrogens with two attached hydrogens (primary N) is 1. The number of nitrogens with zero attached hydrogens (tertiary/aromatic N) is 1. The minimum Gasteiger partial charge on any atom is -0.359 e. The standard InChI is InChI=1S/C15H21N3O/c1-17-15(19)9-11-18(2)12-14-7-5-13(6-8-14)4-3-10-16/h5-8H,9-12,16H2,1-2H3,(H,17,19). The zero-order chi connectivity index (χ0) is 14.1. The Morgan fingerprint density at radius 3 is 2.63 bits per heavy atom. The van der Waals surface area contributed by atoms with E-state index in [2.05, 4.69) is 34.2 Å². The fourth-order valence-corrected chi connectivity index (χ4v) is 1.65. The summed E-state index contributed by atoms with van der Waals surface area (Å²) in [4.78, 5) is 13.3. The Morgan fingerprint density at radius 1 is 1.37 bits per heavy atom. The molecule has 0 unspecified atom stereocenters. The Bertz CT molecular complexity index is 457. The Labute approximate surface area is 115 Å². The summed E-state index contributed by atoms with van der Waals surface area (Å²) in [6.45, 7) is 1.94. The lowest BCUT2D eigenvalue weighted by Crippen LogP contribution is -2.26. The first-order valence-corrected chi connectivity index (χ1v) is 6.32. The molecule has 102 valence electrons. The van der Waals surface area contributed by atoms with Gasteiger partial charge in [0.25, 0.3) is 0 Å². The van der Waals surface area contributed by atoms with E-state index >= 15 is 0 Å². The van der Waals surface area contributed by atoms with Crippen LogP contribution in [0.5, 0.6) is 0 Å². The first-order valence-electron chi connectivity index (χ1n) is 6.32. The van der Waals surface area contributed by atoms with Gasteiger partial charge in [-0.3, -0.25) is 4.79 Å². The maximum absolute atomic E-state index is 11.2. The van der Waals surface area contributed by atoms with Gasteiger partial charge in [-0.05, 0) is 24.7 Å². The van der Waals surface area contributed by atoms with Crippen LogP contribution in [0, 0.1) is 11.8 Å². The second-order valence-electron chi connectivity index (χ2n) is 4.36. The van der Waals surface area contributed by atoms with Crippen LogP contribution in [-0.2, 0) is 11.3 Å². The van der Waals surface area contributed by atoms with Gasteiger partial charge in [0.2, 0.25) is 5.91 Å². The highest BCUT2D eigenvalue weighted by atomic mass is 16.1. The molecule has 0 bridgehead atoms. The van der Waals surface area contributed by atoms with E-state index in [1.807, 2.05) is 19.2 Å². The number of benzene rings is 1. The minimum atomic E-state index is 0.0688. The van der Waals surface area contributed by atoms with Crippen LogP contribution in [0.4, 0.5) is 0 Å². The fraction of sp³-hybridized carbons (Fsp3) is 0.400. The number of carbonyl (C=O) groups excluding carboxylic acids is 1. The SMILES string of the molecule is CNC(=O)CCN(C)Cc1ccc(C#CCN)cc1. The number of amides is 1. The van der Waals surface area contributed by atoms with Crippen LogP contribution in [-0.4, -0.2) is 38.0 Å². The molecule has 1 aromatic rings. The van der Waals surface area contributed by atoms with Crippen molar-refractivity contribution in [2.45, 2.75) is 13.0 Å². The van der Waals surface area contributed by atoms with E-state index in [1.54, 1.807) is 7.05 Å². The van der Waals surface area contributed by atoms with E-state index in [1.165, 1.54) is 5.56 Å². The van der Waals surface area contributed by atoms with Gasteiger partial charge in [0.15, 0.2) is 0 Å². The van der Waals surface area contributed by atoms with Gasteiger partial charge in [0, 0.05) is 32.1 Å². The predicted molar refractivity (Wildman–Crippen MR) is 77.4 cm³/mol. The normalized spacial score (nSPS) is 9.89. The van der Waals surface area contributed by atoms with Gasteiger partial charge in [-0.2, -0.15) is 0 Å². The van der Waals surface area contributed by atoms with Gasteiger partial charge in [0.05, 0.1) is 6.54 Å². The third-order valence-corrected chi connectivity index (χ3v) is 2.74. The quantitative estimate of drug-likeness (QED) is 0.760. The zero-order valence-electron chi connectivity index (χ0n) is 11.6. The van der Waals surface area contributed by atoms with E-state index in [9.17, 15) is 4.79 Å². The maximum Gasteiger partial charge on any atom is 0.221 e. The molecule has 4 heteroatoms. The summed E-state index contributed by atoms with van der Waals surface area (Å²) in [5.41, 5.74) is 7.51. The monoisotopic (exact) mass is 259 g/mol. The van der Waals surface area contributed by atoms with E-state index in [4.69, 9.17) is 5.73 Å². The van der Waals surface area contributed by atoms with Crippen LogP contribution in [0.1, 0.15) is 17.5 Å². The summed E-state index contributed by atoms with van der Waals surface area (Å²) in [6.07, 6.45) is 0.521. The Morgan fingerprint density at radius 2 is 2.05 bits per heavy atom. The average Bonchev–Trinajstić information content (AvgIpc) is 2.44. The van der Waals surface area contributed by atoms with E-state index in [0.717, 1.165) is 18.7 Å². The average molecular weight is 259 g/mol. The van der Waals surface area contributed by atoms with Gasteiger partial charge < -0.3 is 16.0 Å². The van der Waals surface area contributed by atoms with Crippen molar-refractivity contribution in [3.05, 3.63) is 35.4 Å². The lowest BCUT2D eigenvalue weighted by molar-refractivity contribution is -0.120. The minimum absolute atomic E-state index is 0.0688.